The highest BCUT2D eigenvalue weighted by molar-refractivity contribution is 7.18. The van der Waals surface area contributed by atoms with Crippen LogP contribution in [0.25, 0.3) is 21.1 Å². The van der Waals surface area contributed by atoms with Gasteiger partial charge < -0.3 is 25.4 Å². The Kier molecular flexibility index (Phi) is 9.37. The Hall–Kier alpha value is -4.59. The van der Waals surface area contributed by atoms with Gasteiger partial charge >= 0.3 is 12.1 Å². The fourth-order valence-electron chi connectivity index (χ4n) is 6.39. The smallest absolute Gasteiger partial charge is 0.408 e. The number of nitrogens with one attached hydrogen (secondary N) is 2. The second kappa shape index (κ2) is 13.5. The van der Waals surface area contributed by atoms with E-state index in [-0.39, 0.29) is 25.3 Å². The molecule has 1 aliphatic carbocycles. The lowest BCUT2D eigenvalue weighted by atomic mass is 10.0. The molecule has 13 nitrogen and oxygen atoms in total. The number of ether oxygens (including phenoxy) is 1. The number of amides is 3. The van der Waals surface area contributed by atoms with Crippen molar-refractivity contribution in [1.29, 1.82) is 0 Å². The number of fused-ring (bicyclic) bond motifs is 2. The van der Waals surface area contributed by atoms with Crippen LogP contribution >= 0.6 is 11.3 Å². The van der Waals surface area contributed by atoms with Gasteiger partial charge in [0.2, 0.25) is 17.6 Å². The van der Waals surface area contributed by atoms with Gasteiger partial charge in [0.05, 0.1) is 10.9 Å². The van der Waals surface area contributed by atoms with E-state index in [0.29, 0.717) is 18.7 Å². The summed E-state index contributed by atoms with van der Waals surface area (Å²) in [7, 11) is 0. The Morgan fingerprint density at radius 2 is 1.85 bits per heavy atom. The quantitative estimate of drug-likeness (QED) is 0.328. The molecule has 2 fully saturated rings. The standard InChI is InChI=1S/C34H41N7O6S/c1-33(2,3)47-32(46)35-24-15-11-6-4-5-10-14-22-19-34(22,31(44)45)36-29(42)25-18-23(20-40(25)30(24)43)41-38-28(37-39-41)27-17-16-26(48-27)21-12-8-7-9-13-21/h7-10,12-14,16-17,22-25H,4-6,11,15,18-20H2,1-3H3,(H,35,46)(H,36,42)(H,44,45)/b14-10-/t22?,23-,24?,25?,34?/m1/s1. The monoisotopic (exact) mass is 675 g/mol. The number of rotatable bonds is 5. The summed E-state index contributed by atoms with van der Waals surface area (Å²) in [5.41, 5.74) is -1.12. The summed E-state index contributed by atoms with van der Waals surface area (Å²) in [5.74, 6) is -2.04. The van der Waals surface area contributed by atoms with Crippen molar-refractivity contribution >= 4 is 35.2 Å². The molecule has 14 heteroatoms. The molecule has 3 amide bonds. The van der Waals surface area contributed by atoms with Crippen LogP contribution in [0.3, 0.4) is 0 Å². The number of carboxylic acids is 1. The zero-order chi connectivity index (χ0) is 34.1. The van der Waals surface area contributed by atoms with E-state index in [1.54, 1.807) is 20.8 Å². The second-order valence-corrected chi connectivity index (χ2v) is 14.8. The van der Waals surface area contributed by atoms with Gasteiger partial charge in [0.1, 0.15) is 23.2 Å². The summed E-state index contributed by atoms with van der Waals surface area (Å²) in [5, 5.41) is 28.9. The van der Waals surface area contributed by atoms with Crippen molar-refractivity contribution in [3.05, 3.63) is 54.6 Å². The molecule has 0 bridgehead atoms. The highest BCUT2D eigenvalue weighted by atomic mass is 32.1. The van der Waals surface area contributed by atoms with Gasteiger partial charge in [-0.2, -0.15) is 4.80 Å². The number of hydrogen-bond acceptors (Lipinski definition) is 9. The van der Waals surface area contributed by atoms with Gasteiger partial charge in [0, 0.05) is 23.8 Å². The van der Waals surface area contributed by atoms with Crippen LogP contribution in [0.4, 0.5) is 4.79 Å². The molecule has 6 rings (SSSR count). The molecule has 4 heterocycles. The molecule has 3 aromatic rings. The maximum atomic E-state index is 14.2. The predicted molar refractivity (Wildman–Crippen MR) is 178 cm³/mol. The van der Waals surface area contributed by atoms with E-state index < -0.39 is 53.1 Å². The molecule has 254 valence electrons. The number of nitrogens with zero attached hydrogens (tertiary/aromatic N) is 5. The van der Waals surface area contributed by atoms with E-state index in [2.05, 4.69) is 26.0 Å². The van der Waals surface area contributed by atoms with Gasteiger partial charge in [-0.25, -0.2) is 9.59 Å². The third-order valence-corrected chi connectivity index (χ3v) is 10.1. The minimum absolute atomic E-state index is 0.0718. The summed E-state index contributed by atoms with van der Waals surface area (Å²) < 4.78 is 5.47. The van der Waals surface area contributed by atoms with Gasteiger partial charge in [0.25, 0.3) is 0 Å². The maximum absolute atomic E-state index is 14.2. The first-order chi connectivity index (χ1) is 22.9. The number of thiophene rings is 1. The highest BCUT2D eigenvalue weighted by Crippen LogP contribution is 2.45. The van der Waals surface area contributed by atoms with Crippen LogP contribution in [0.2, 0.25) is 0 Å². The number of allylic oxidation sites excluding steroid dienone is 1. The van der Waals surface area contributed by atoms with Crippen molar-refractivity contribution in [1.82, 2.24) is 35.7 Å². The van der Waals surface area contributed by atoms with Gasteiger partial charge in [0.15, 0.2) is 0 Å². The molecule has 5 atom stereocenters. The van der Waals surface area contributed by atoms with Gasteiger partial charge in [-0.3, -0.25) is 9.59 Å². The lowest BCUT2D eigenvalue weighted by Gasteiger charge is -2.30. The SMILES string of the molecule is CC(C)(C)OC(=O)NC1CCCCC/C=C\C2CC2(C(=O)O)NC(=O)C2C[C@@H](n3nnc(-c4ccc(-c5ccccc5)s4)n3)CN2C1=O. The molecule has 48 heavy (non-hydrogen) atoms. The molecule has 2 aromatic heterocycles. The molecule has 4 unspecified atom stereocenters. The van der Waals surface area contributed by atoms with E-state index in [0.717, 1.165) is 34.6 Å². The topological polar surface area (TPSA) is 169 Å². The fraction of sp³-hybridized carbons (Fsp3) is 0.500. The maximum Gasteiger partial charge on any atom is 0.408 e. The summed E-state index contributed by atoms with van der Waals surface area (Å²) in [6.07, 6.45) is 6.94. The summed E-state index contributed by atoms with van der Waals surface area (Å²) in [6, 6.07) is 11.4. The number of aromatic nitrogens is 4. The summed E-state index contributed by atoms with van der Waals surface area (Å²) >= 11 is 1.53. The normalized spacial score (nSPS) is 27.1. The first kappa shape index (κ1) is 33.3. The Morgan fingerprint density at radius 3 is 2.60 bits per heavy atom. The third kappa shape index (κ3) is 7.28. The average molecular weight is 676 g/mol. The second-order valence-electron chi connectivity index (χ2n) is 13.7. The molecule has 0 radical (unpaired) electrons. The average Bonchev–Trinajstić information content (AvgIpc) is 3.49. The number of carbonyl (C=O) groups excluding carboxylic acids is 3. The van der Waals surface area contributed by atoms with E-state index >= 15 is 0 Å². The molecular formula is C34H41N7O6S. The molecule has 0 spiro atoms. The van der Waals surface area contributed by atoms with Gasteiger partial charge in [-0.1, -0.05) is 55.3 Å². The molecule has 3 aliphatic rings. The van der Waals surface area contributed by atoms with Crippen molar-refractivity contribution in [2.24, 2.45) is 5.92 Å². The fourth-order valence-corrected chi connectivity index (χ4v) is 7.33. The number of aliphatic carboxylic acids is 1. The molecule has 3 N–H and O–H groups in total. The van der Waals surface area contributed by atoms with Crippen molar-refractivity contribution in [3.8, 4) is 21.1 Å². The number of carboxylic acid groups (broad SMARTS) is 1. The van der Waals surface area contributed by atoms with Crippen LogP contribution in [0, 0.1) is 5.92 Å². The van der Waals surface area contributed by atoms with Crippen LogP contribution < -0.4 is 10.6 Å². The Balaban J connectivity index is 1.27. The Bertz CT molecular complexity index is 1700. The van der Waals surface area contributed by atoms with Gasteiger partial charge in [-0.15, -0.1) is 21.5 Å². The van der Waals surface area contributed by atoms with Crippen LogP contribution in [-0.4, -0.2) is 83.9 Å². The van der Waals surface area contributed by atoms with Crippen LogP contribution in [0.5, 0.6) is 0 Å². The number of benzene rings is 1. The number of tetrazole rings is 1. The third-order valence-electron chi connectivity index (χ3n) is 8.97. The number of carbonyl (C=O) groups is 4. The van der Waals surface area contributed by atoms with Crippen molar-refractivity contribution in [3.63, 3.8) is 0 Å². The summed E-state index contributed by atoms with van der Waals surface area (Å²) in [6.45, 7) is 5.30. The van der Waals surface area contributed by atoms with Crippen molar-refractivity contribution in [2.45, 2.75) is 95.0 Å². The summed E-state index contributed by atoms with van der Waals surface area (Å²) in [4.78, 5) is 58.1. The first-order valence-corrected chi connectivity index (χ1v) is 17.2. The molecule has 1 saturated carbocycles. The first-order valence-electron chi connectivity index (χ1n) is 16.4. The molecular weight excluding hydrogens is 634 g/mol. The lowest BCUT2D eigenvalue weighted by Crippen LogP contribution is -2.56. The molecule has 1 aromatic carbocycles. The molecule has 2 aliphatic heterocycles. The largest absolute Gasteiger partial charge is 0.479 e. The van der Waals surface area contributed by atoms with E-state index in [9.17, 15) is 24.3 Å². The zero-order valence-corrected chi connectivity index (χ0v) is 28.1. The van der Waals surface area contributed by atoms with Crippen LogP contribution in [-0.2, 0) is 19.1 Å². The number of alkyl carbamates (subject to hydrolysis) is 1. The van der Waals surface area contributed by atoms with E-state index in [1.165, 1.54) is 21.0 Å². The van der Waals surface area contributed by atoms with Crippen molar-refractivity contribution in [2.75, 3.05) is 6.54 Å². The molecule has 1 saturated heterocycles. The Labute approximate surface area is 282 Å². The highest BCUT2D eigenvalue weighted by Gasteiger charge is 2.61. The lowest BCUT2D eigenvalue weighted by molar-refractivity contribution is -0.145. The van der Waals surface area contributed by atoms with Crippen LogP contribution in [0.1, 0.15) is 71.8 Å². The van der Waals surface area contributed by atoms with Crippen LogP contribution in [0.15, 0.2) is 54.6 Å². The van der Waals surface area contributed by atoms with Gasteiger partial charge in [-0.05, 0) is 69.4 Å². The zero-order valence-electron chi connectivity index (χ0n) is 27.3. The van der Waals surface area contributed by atoms with Crippen molar-refractivity contribution < 1.29 is 29.0 Å². The number of hydrogen-bond donors (Lipinski definition) is 3. The van der Waals surface area contributed by atoms with E-state index in [4.69, 9.17) is 4.74 Å². The Morgan fingerprint density at radius 1 is 1.08 bits per heavy atom. The van der Waals surface area contributed by atoms with E-state index in [1.807, 2.05) is 54.6 Å². The predicted octanol–water partition coefficient (Wildman–Crippen LogP) is 4.58. The minimum atomic E-state index is -1.43. The minimum Gasteiger partial charge on any atom is -0.479 e.